The van der Waals surface area contributed by atoms with Crippen molar-refractivity contribution in [3.63, 3.8) is 0 Å². The van der Waals surface area contributed by atoms with Gasteiger partial charge in [0.25, 0.3) is 0 Å². The Morgan fingerprint density at radius 3 is 2.65 bits per heavy atom. The number of allylic oxidation sites excluding steroid dienone is 1. The number of nitrogens with zero attached hydrogens (tertiary/aromatic N) is 2. The Hall–Kier alpha value is -1.25. The predicted octanol–water partition coefficient (Wildman–Crippen LogP) is 3.61. The number of imidazole rings is 1. The standard InChI is InChI=1S/C14H25N3/c1-6-9-17-10-11(4)15-14(17)16-12(5)13(7-2)8-3/h6,10,12-13H,1,7-9H2,2-5H3,(H,15,16). The first-order valence-electron chi connectivity index (χ1n) is 6.53. The van der Waals surface area contributed by atoms with E-state index in [9.17, 15) is 0 Å². The van der Waals surface area contributed by atoms with Crippen molar-refractivity contribution in [1.29, 1.82) is 0 Å². The largest absolute Gasteiger partial charge is 0.353 e. The van der Waals surface area contributed by atoms with Gasteiger partial charge in [0.15, 0.2) is 0 Å². The quantitative estimate of drug-likeness (QED) is 0.732. The first-order chi connectivity index (χ1) is 8.12. The fourth-order valence-electron chi connectivity index (χ4n) is 2.26. The van der Waals surface area contributed by atoms with Gasteiger partial charge in [-0.1, -0.05) is 32.8 Å². The minimum absolute atomic E-state index is 0.454. The van der Waals surface area contributed by atoms with Gasteiger partial charge < -0.3 is 9.88 Å². The number of aryl methyl sites for hydroxylation is 1. The second kappa shape index (κ2) is 6.48. The van der Waals surface area contributed by atoms with Gasteiger partial charge in [-0.25, -0.2) is 4.98 Å². The zero-order valence-electron chi connectivity index (χ0n) is 11.5. The SMILES string of the molecule is C=CCn1cc(C)nc1NC(C)C(CC)CC. The van der Waals surface area contributed by atoms with Gasteiger partial charge in [0.2, 0.25) is 5.95 Å². The lowest BCUT2D eigenvalue weighted by Gasteiger charge is -2.23. The Morgan fingerprint density at radius 1 is 1.47 bits per heavy atom. The van der Waals surface area contributed by atoms with Crippen molar-refractivity contribution < 1.29 is 0 Å². The van der Waals surface area contributed by atoms with E-state index in [0.29, 0.717) is 12.0 Å². The summed E-state index contributed by atoms with van der Waals surface area (Å²) < 4.78 is 2.11. The second-order valence-electron chi connectivity index (χ2n) is 4.66. The lowest BCUT2D eigenvalue weighted by atomic mass is 9.96. The molecule has 0 radical (unpaired) electrons. The average Bonchev–Trinajstić information content (AvgIpc) is 2.61. The Bertz CT molecular complexity index is 350. The lowest BCUT2D eigenvalue weighted by Crippen LogP contribution is -2.26. The molecule has 0 saturated heterocycles. The number of rotatable bonds is 7. The molecule has 0 fully saturated rings. The monoisotopic (exact) mass is 235 g/mol. The van der Waals surface area contributed by atoms with Crippen LogP contribution in [0.2, 0.25) is 0 Å². The van der Waals surface area contributed by atoms with E-state index in [0.717, 1.165) is 18.2 Å². The van der Waals surface area contributed by atoms with Crippen LogP contribution in [0.4, 0.5) is 5.95 Å². The molecule has 1 heterocycles. The summed E-state index contributed by atoms with van der Waals surface area (Å²) in [6.45, 7) is 13.3. The second-order valence-corrected chi connectivity index (χ2v) is 4.66. The molecule has 0 bridgehead atoms. The Kier molecular flexibility index (Phi) is 5.26. The topological polar surface area (TPSA) is 29.9 Å². The molecule has 0 spiro atoms. The molecule has 0 saturated carbocycles. The van der Waals surface area contributed by atoms with Crippen LogP contribution in [0.15, 0.2) is 18.9 Å². The molecule has 1 unspecified atom stereocenters. The summed E-state index contributed by atoms with van der Waals surface area (Å²) in [5, 5.41) is 3.52. The molecule has 1 rings (SSSR count). The molecule has 1 aromatic heterocycles. The van der Waals surface area contributed by atoms with Crippen LogP contribution in [0.25, 0.3) is 0 Å². The maximum Gasteiger partial charge on any atom is 0.203 e. The van der Waals surface area contributed by atoms with E-state index < -0.39 is 0 Å². The molecule has 0 aliphatic carbocycles. The summed E-state index contributed by atoms with van der Waals surface area (Å²) in [6, 6.07) is 0.454. The van der Waals surface area contributed by atoms with Crippen molar-refractivity contribution in [2.75, 3.05) is 5.32 Å². The van der Waals surface area contributed by atoms with Crippen LogP contribution in [0.1, 0.15) is 39.3 Å². The number of hydrogen-bond acceptors (Lipinski definition) is 2. The maximum absolute atomic E-state index is 4.52. The fraction of sp³-hybridized carbons (Fsp3) is 0.643. The summed E-state index contributed by atoms with van der Waals surface area (Å²) in [7, 11) is 0. The molecule has 1 N–H and O–H groups in total. The third kappa shape index (κ3) is 3.62. The molecule has 1 atom stereocenters. The van der Waals surface area contributed by atoms with Crippen LogP contribution in [-0.2, 0) is 6.54 Å². The van der Waals surface area contributed by atoms with Crippen molar-refractivity contribution in [2.45, 2.75) is 53.1 Å². The smallest absolute Gasteiger partial charge is 0.203 e. The highest BCUT2D eigenvalue weighted by atomic mass is 15.2. The van der Waals surface area contributed by atoms with Crippen molar-refractivity contribution in [1.82, 2.24) is 9.55 Å². The number of aromatic nitrogens is 2. The zero-order chi connectivity index (χ0) is 12.8. The summed E-state index contributed by atoms with van der Waals surface area (Å²) in [5.74, 6) is 1.66. The van der Waals surface area contributed by atoms with Crippen LogP contribution in [0, 0.1) is 12.8 Å². The van der Waals surface area contributed by atoms with Gasteiger partial charge in [-0.15, -0.1) is 6.58 Å². The highest BCUT2D eigenvalue weighted by Crippen LogP contribution is 2.18. The molecule has 96 valence electrons. The third-order valence-corrected chi connectivity index (χ3v) is 3.34. The molecule has 0 aliphatic heterocycles. The van der Waals surface area contributed by atoms with Crippen molar-refractivity contribution >= 4 is 5.95 Å². The minimum Gasteiger partial charge on any atom is -0.353 e. The van der Waals surface area contributed by atoms with Gasteiger partial charge in [-0.2, -0.15) is 0 Å². The van der Waals surface area contributed by atoms with Crippen molar-refractivity contribution in [3.05, 3.63) is 24.5 Å². The van der Waals surface area contributed by atoms with E-state index >= 15 is 0 Å². The third-order valence-electron chi connectivity index (χ3n) is 3.34. The first kappa shape index (κ1) is 13.8. The van der Waals surface area contributed by atoms with Crippen LogP contribution in [0.5, 0.6) is 0 Å². The van der Waals surface area contributed by atoms with E-state index in [2.05, 4.69) is 48.4 Å². The van der Waals surface area contributed by atoms with Crippen LogP contribution in [-0.4, -0.2) is 15.6 Å². The molecule has 3 heteroatoms. The maximum atomic E-state index is 4.52. The van der Waals surface area contributed by atoms with Gasteiger partial charge in [0.05, 0.1) is 5.69 Å². The van der Waals surface area contributed by atoms with E-state index in [4.69, 9.17) is 0 Å². The normalized spacial score (nSPS) is 12.8. The van der Waals surface area contributed by atoms with Crippen LogP contribution < -0.4 is 5.32 Å². The van der Waals surface area contributed by atoms with E-state index in [1.807, 2.05) is 13.0 Å². The minimum atomic E-state index is 0.454. The first-order valence-corrected chi connectivity index (χ1v) is 6.53. The van der Waals surface area contributed by atoms with Gasteiger partial charge in [-0.3, -0.25) is 0 Å². The summed E-state index contributed by atoms with van der Waals surface area (Å²) in [4.78, 5) is 4.52. The van der Waals surface area contributed by atoms with Gasteiger partial charge >= 0.3 is 0 Å². The molecular weight excluding hydrogens is 210 g/mol. The van der Waals surface area contributed by atoms with Crippen molar-refractivity contribution in [3.8, 4) is 0 Å². The number of anilines is 1. The Balaban J connectivity index is 2.75. The van der Waals surface area contributed by atoms with Crippen molar-refractivity contribution in [2.24, 2.45) is 5.92 Å². The molecule has 1 aromatic rings. The highest BCUT2D eigenvalue weighted by molar-refractivity contribution is 5.30. The number of hydrogen-bond donors (Lipinski definition) is 1. The van der Waals surface area contributed by atoms with E-state index in [1.54, 1.807) is 0 Å². The van der Waals surface area contributed by atoms with Gasteiger partial charge in [0, 0.05) is 18.8 Å². The summed E-state index contributed by atoms with van der Waals surface area (Å²) in [6.07, 6.45) is 6.36. The zero-order valence-corrected chi connectivity index (χ0v) is 11.5. The lowest BCUT2D eigenvalue weighted by molar-refractivity contribution is 0.435. The molecular formula is C14H25N3. The fourth-order valence-corrected chi connectivity index (χ4v) is 2.26. The Labute approximate surface area is 105 Å². The molecule has 0 amide bonds. The van der Waals surface area contributed by atoms with E-state index in [-0.39, 0.29) is 0 Å². The average molecular weight is 235 g/mol. The summed E-state index contributed by atoms with van der Waals surface area (Å²) >= 11 is 0. The summed E-state index contributed by atoms with van der Waals surface area (Å²) in [5.41, 5.74) is 1.05. The van der Waals surface area contributed by atoms with Crippen LogP contribution >= 0.6 is 0 Å². The number of nitrogens with one attached hydrogen (secondary N) is 1. The molecule has 0 aromatic carbocycles. The predicted molar refractivity (Wildman–Crippen MR) is 74.3 cm³/mol. The molecule has 3 nitrogen and oxygen atoms in total. The molecule has 17 heavy (non-hydrogen) atoms. The van der Waals surface area contributed by atoms with Gasteiger partial charge in [-0.05, 0) is 19.8 Å². The van der Waals surface area contributed by atoms with Gasteiger partial charge in [0.1, 0.15) is 0 Å². The highest BCUT2D eigenvalue weighted by Gasteiger charge is 2.15. The Morgan fingerprint density at radius 2 is 2.12 bits per heavy atom. The van der Waals surface area contributed by atoms with E-state index in [1.165, 1.54) is 12.8 Å². The van der Waals surface area contributed by atoms with Crippen LogP contribution in [0.3, 0.4) is 0 Å². The molecule has 0 aliphatic rings.